The van der Waals surface area contributed by atoms with E-state index in [9.17, 15) is 4.79 Å². The predicted molar refractivity (Wildman–Crippen MR) is 70.0 cm³/mol. The standard InChI is InChI=1S/C15H14NO2/c1-16-15(18)14-5-3-2-4-13(14)12-8-6-11(10-17)7-9-12/h2-4,6-9,17H,10H2,1H3,(H,16,18). The van der Waals surface area contributed by atoms with Gasteiger partial charge in [0.15, 0.2) is 0 Å². The van der Waals surface area contributed by atoms with Gasteiger partial charge in [-0.3, -0.25) is 4.79 Å². The van der Waals surface area contributed by atoms with Gasteiger partial charge in [0.2, 0.25) is 0 Å². The van der Waals surface area contributed by atoms with Gasteiger partial charge in [0.05, 0.1) is 12.2 Å². The normalized spacial score (nSPS) is 10.1. The molecule has 2 N–H and O–H groups in total. The summed E-state index contributed by atoms with van der Waals surface area (Å²) in [5.41, 5.74) is 3.14. The van der Waals surface area contributed by atoms with Crippen molar-refractivity contribution < 1.29 is 9.90 Å². The highest BCUT2D eigenvalue weighted by Gasteiger charge is 2.10. The topological polar surface area (TPSA) is 49.3 Å². The minimum absolute atomic E-state index is 0.0174. The Morgan fingerprint density at radius 3 is 2.61 bits per heavy atom. The Balaban J connectivity index is 2.46. The van der Waals surface area contributed by atoms with E-state index in [0.717, 1.165) is 16.7 Å². The molecule has 3 heteroatoms. The van der Waals surface area contributed by atoms with Crippen molar-refractivity contribution in [3.8, 4) is 11.1 Å². The highest BCUT2D eigenvalue weighted by atomic mass is 16.3. The van der Waals surface area contributed by atoms with Crippen LogP contribution < -0.4 is 5.32 Å². The van der Waals surface area contributed by atoms with E-state index in [2.05, 4.69) is 11.4 Å². The average Bonchev–Trinajstić information content (AvgIpc) is 2.46. The molecule has 0 heterocycles. The fourth-order valence-corrected chi connectivity index (χ4v) is 1.78. The van der Waals surface area contributed by atoms with Gasteiger partial charge in [-0.2, -0.15) is 0 Å². The molecular weight excluding hydrogens is 226 g/mol. The van der Waals surface area contributed by atoms with Crippen LogP contribution in [-0.4, -0.2) is 18.1 Å². The molecule has 0 bridgehead atoms. The van der Waals surface area contributed by atoms with Gasteiger partial charge >= 0.3 is 0 Å². The lowest BCUT2D eigenvalue weighted by Gasteiger charge is -2.08. The number of benzene rings is 2. The summed E-state index contributed by atoms with van der Waals surface area (Å²) in [6, 6.07) is 15.9. The molecular formula is C15H14NO2. The first-order valence-corrected chi connectivity index (χ1v) is 5.69. The molecule has 0 unspecified atom stereocenters. The first-order valence-electron chi connectivity index (χ1n) is 5.69. The van der Waals surface area contributed by atoms with Gasteiger partial charge in [-0.25, -0.2) is 0 Å². The van der Waals surface area contributed by atoms with Gasteiger partial charge in [-0.1, -0.05) is 42.5 Å². The SMILES string of the molecule is CNC(=O)c1[c]cccc1-c1ccc(CO)cc1. The number of rotatable bonds is 3. The maximum Gasteiger partial charge on any atom is 0.252 e. The highest BCUT2D eigenvalue weighted by molar-refractivity contribution is 6.00. The van der Waals surface area contributed by atoms with Crippen molar-refractivity contribution in [1.29, 1.82) is 0 Å². The van der Waals surface area contributed by atoms with Gasteiger partial charge in [0.25, 0.3) is 5.91 Å². The number of carbonyl (C=O) groups excluding carboxylic acids is 1. The van der Waals surface area contributed by atoms with E-state index in [4.69, 9.17) is 5.11 Å². The number of hydrogen-bond acceptors (Lipinski definition) is 2. The minimum atomic E-state index is -0.156. The fraction of sp³-hybridized carbons (Fsp3) is 0.133. The molecule has 1 radical (unpaired) electrons. The molecule has 2 rings (SSSR count). The lowest BCUT2D eigenvalue weighted by molar-refractivity contribution is 0.0963. The Morgan fingerprint density at radius 1 is 1.28 bits per heavy atom. The number of hydrogen-bond donors (Lipinski definition) is 2. The molecule has 0 aliphatic heterocycles. The zero-order valence-electron chi connectivity index (χ0n) is 10.1. The Hall–Kier alpha value is -2.13. The van der Waals surface area contributed by atoms with Gasteiger partial charge < -0.3 is 10.4 Å². The van der Waals surface area contributed by atoms with Crippen molar-refractivity contribution in [2.75, 3.05) is 7.05 Å². The van der Waals surface area contributed by atoms with E-state index in [-0.39, 0.29) is 12.5 Å². The van der Waals surface area contributed by atoms with Crippen LogP contribution in [0.25, 0.3) is 11.1 Å². The van der Waals surface area contributed by atoms with E-state index in [1.807, 2.05) is 36.4 Å². The Kier molecular flexibility index (Phi) is 3.75. The highest BCUT2D eigenvalue weighted by Crippen LogP contribution is 2.23. The quantitative estimate of drug-likeness (QED) is 0.862. The second-order valence-corrected chi connectivity index (χ2v) is 3.89. The maximum absolute atomic E-state index is 11.7. The monoisotopic (exact) mass is 240 g/mol. The minimum Gasteiger partial charge on any atom is -0.392 e. The van der Waals surface area contributed by atoms with Crippen LogP contribution >= 0.6 is 0 Å². The van der Waals surface area contributed by atoms with Crippen LogP contribution in [-0.2, 0) is 6.61 Å². The summed E-state index contributed by atoms with van der Waals surface area (Å²) in [6.07, 6.45) is 0. The number of aliphatic hydroxyl groups is 1. The molecule has 0 aromatic heterocycles. The van der Waals surface area contributed by atoms with Gasteiger partial charge in [-0.15, -0.1) is 0 Å². The van der Waals surface area contributed by atoms with Crippen LogP contribution in [0.15, 0.2) is 42.5 Å². The van der Waals surface area contributed by atoms with Crippen LogP contribution in [0, 0.1) is 6.07 Å². The molecule has 0 aliphatic rings. The van der Waals surface area contributed by atoms with Gasteiger partial charge in [-0.05, 0) is 22.8 Å². The fourth-order valence-electron chi connectivity index (χ4n) is 1.78. The van der Waals surface area contributed by atoms with Crippen LogP contribution in [0.5, 0.6) is 0 Å². The number of nitrogens with one attached hydrogen (secondary N) is 1. The largest absolute Gasteiger partial charge is 0.392 e. The van der Waals surface area contributed by atoms with E-state index >= 15 is 0 Å². The third-order valence-electron chi connectivity index (χ3n) is 2.76. The molecule has 0 fully saturated rings. The second-order valence-electron chi connectivity index (χ2n) is 3.89. The van der Waals surface area contributed by atoms with Crippen molar-refractivity contribution in [2.45, 2.75) is 6.61 Å². The second kappa shape index (κ2) is 5.47. The molecule has 91 valence electrons. The van der Waals surface area contributed by atoms with Gasteiger partial charge in [0, 0.05) is 7.05 Å². The Morgan fingerprint density at radius 2 is 2.00 bits per heavy atom. The van der Waals surface area contributed by atoms with Crippen molar-refractivity contribution in [2.24, 2.45) is 0 Å². The summed E-state index contributed by atoms with van der Waals surface area (Å²) in [7, 11) is 1.60. The van der Waals surface area contributed by atoms with Crippen molar-refractivity contribution in [3.05, 3.63) is 59.7 Å². The average molecular weight is 240 g/mol. The van der Waals surface area contributed by atoms with Crippen molar-refractivity contribution in [3.63, 3.8) is 0 Å². The van der Waals surface area contributed by atoms with E-state index in [0.29, 0.717) is 5.56 Å². The number of carbonyl (C=O) groups is 1. The van der Waals surface area contributed by atoms with Crippen molar-refractivity contribution >= 4 is 5.91 Å². The van der Waals surface area contributed by atoms with Crippen LogP contribution in [0.1, 0.15) is 15.9 Å². The third kappa shape index (κ3) is 2.41. The molecule has 2 aromatic rings. The summed E-state index contributed by atoms with van der Waals surface area (Å²) in [5, 5.41) is 11.6. The molecule has 2 aromatic carbocycles. The molecule has 0 spiro atoms. The molecule has 0 saturated heterocycles. The molecule has 0 atom stereocenters. The lowest BCUT2D eigenvalue weighted by Crippen LogP contribution is -2.18. The Bertz CT molecular complexity index is 547. The van der Waals surface area contributed by atoms with Crippen LogP contribution in [0.3, 0.4) is 0 Å². The maximum atomic E-state index is 11.7. The first kappa shape index (κ1) is 12.3. The van der Waals surface area contributed by atoms with E-state index in [1.165, 1.54) is 0 Å². The van der Waals surface area contributed by atoms with Crippen molar-refractivity contribution in [1.82, 2.24) is 5.32 Å². The smallest absolute Gasteiger partial charge is 0.252 e. The number of amides is 1. The van der Waals surface area contributed by atoms with Gasteiger partial charge in [0.1, 0.15) is 0 Å². The molecule has 1 amide bonds. The molecule has 18 heavy (non-hydrogen) atoms. The van der Waals surface area contributed by atoms with Crippen LogP contribution in [0.4, 0.5) is 0 Å². The summed E-state index contributed by atoms with van der Waals surface area (Å²) in [5.74, 6) is -0.156. The molecule has 3 nitrogen and oxygen atoms in total. The molecule has 0 saturated carbocycles. The lowest BCUT2D eigenvalue weighted by atomic mass is 9.98. The predicted octanol–water partition coefficient (Wildman–Crippen LogP) is 2.01. The van der Waals surface area contributed by atoms with Crippen LogP contribution in [0.2, 0.25) is 0 Å². The van der Waals surface area contributed by atoms with E-state index in [1.54, 1.807) is 13.1 Å². The third-order valence-corrected chi connectivity index (χ3v) is 2.76. The zero-order valence-corrected chi connectivity index (χ0v) is 10.1. The van der Waals surface area contributed by atoms with E-state index < -0.39 is 0 Å². The first-order chi connectivity index (χ1) is 8.76. The summed E-state index contributed by atoms with van der Waals surface area (Å²) in [4.78, 5) is 11.7. The number of aliphatic hydroxyl groups excluding tert-OH is 1. The zero-order chi connectivity index (χ0) is 13.0. The Labute approximate surface area is 106 Å². The summed E-state index contributed by atoms with van der Waals surface area (Å²) in [6.45, 7) is 0.0174. The summed E-state index contributed by atoms with van der Waals surface area (Å²) >= 11 is 0. The molecule has 0 aliphatic carbocycles. The summed E-state index contributed by atoms with van der Waals surface area (Å²) < 4.78 is 0.